The minimum Gasteiger partial charge on any atom is -0.386 e. The summed E-state index contributed by atoms with van der Waals surface area (Å²) in [6.45, 7) is 9.88. The van der Waals surface area contributed by atoms with Gasteiger partial charge in [0.2, 0.25) is 0 Å². The number of hydrogen-bond acceptors (Lipinski definition) is 6. The van der Waals surface area contributed by atoms with Gasteiger partial charge in [0.15, 0.2) is 5.82 Å². The van der Waals surface area contributed by atoms with E-state index < -0.39 is 11.0 Å². The van der Waals surface area contributed by atoms with E-state index in [0.717, 1.165) is 60.7 Å². The number of piperidine rings is 1. The van der Waals surface area contributed by atoms with E-state index in [-0.39, 0.29) is 0 Å². The maximum Gasteiger partial charge on any atom is 0.154 e. The Bertz CT molecular complexity index is 1110. The lowest BCUT2D eigenvalue weighted by atomic mass is 9.75. The third-order valence-electron chi connectivity index (χ3n) is 7.16. The molecule has 2 aliphatic rings. The molecule has 2 N–H and O–H groups in total. The number of aliphatic hydroxyl groups is 1. The molecule has 0 amide bonds. The Labute approximate surface area is 196 Å². The Kier molecular flexibility index (Phi) is 6.27. The van der Waals surface area contributed by atoms with Gasteiger partial charge < -0.3 is 15.3 Å². The van der Waals surface area contributed by atoms with E-state index in [1.54, 1.807) is 13.8 Å². The number of nitrogens with one attached hydrogen (secondary N) is 1. The molecule has 1 saturated heterocycles. The van der Waals surface area contributed by atoms with Gasteiger partial charge in [0.1, 0.15) is 5.41 Å². The molecule has 0 saturated carbocycles. The summed E-state index contributed by atoms with van der Waals surface area (Å²) in [4.78, 5) is 2.26. The molecule has 6 nitrogen and oxygen atoms in total. The Morgan fingerprint density at radius 2 is 1.79 bits per heavy atom. The Balaban J connectivity index is 1.49. The first kappa shape index (κ1) is 23.0. The number of rotatable bonds is 5. The molecule has 33 heavy (non-hydrogen) atoms. The average molecular weight is 444 g/mol. The van der Waals surface area contributed by atoms with Crippen LogP contribution in [0.5, 0.6) is 0 Å². The molecule has 0 unspecified atom stereocenters. The molecular weight excluding hydrogens is 410 g/mol. The molecule has 0 bridgehead atoms. The highest BCUT2D eigenvalue weighted by Crippen LogP contribution is 2.40. The van der Waals surface area contributed by atoms with Crippen LogP contribution >= 0.6 is 0 Å². The third-order valence-corrected chi connectivity index (χ3v) is 7.16. The fourth-order valence-electron chi connectivity index (χ4n) is 4.68. The van der Waals surface area contributed by atoms with Gasteiger partial charge in [-0.2, -0.15) is 10.4 Å². The zero-order chi connectivity index (χ0) is 23.6. The van der Waals surface area contributed by atoms with Crippen LogP contribution in [0.15, 0.2) is 53.8 Å². The molecule has 0 aliphatic carbocycles. The second-order valence-corrected chi connectivity index (χ2v) is 9.75. The lowest BCUT2D eigenvalue weighted by molar-refractivity contribution is 0.116. The molecule has 0 radical (unpaired) electrons. The van der Waals surface area contributed by atoms with E-state index in [9.17, 15) is 10.4 Å². The monoisotopic (exact) mass is 443 g/mol. The second kappa shape index (κ2) is 8.99. The smallest absolute Gasteiger partial charge is 0.154 e. The zero-order valence-electron chi connectivity index (χ0n) is 20.0. The van der Waals surface area contributed by atoms with Crippen LogP contribution in [-0.4, -0.2) is 40.5 Å². The maximum atomic E-state index is 10.2. The Hall–Kier alpha value is -3.17. The van der Waals surface area contributed by atoms with Gasteiger partial charge in [-0.05, 0) is 68.9 Å². The van der Waals surface area contributed by atoms with Gasteiger partial charge in [-0.25, -0.2) is 0 Å². The molecule has 2 aromatic rings. The molecule has 6 heteroatoms. The lowest BCUT2D eigenvalue weighted by Gasteiger charge is -2.41. The molecular formula is C27H33N5O. The van der Waals surface area contributed by atoms with E-state index in [1.165, 1.54) is 11.1 Å². The summed E-state index contributed by atoms with van der Waals surface area (Å²) in [5.41, 5.74) is 5.06. The van der Waals surface area contributed by atoms with Crippen molar-refractivity contribution in [3.63, 3.8) is 0 Å². The summed E-state index contributed by atoms with van der Waals surface area (Å²) in [7, 11) is 0. The number of dihydropyridines is 1. The van der Waals surface area contributed by atoms with Gasteiger partial charge in [0.25, 0.3) is 0 Å². The average Bonchev–Trinajstić information content (AvgIpc) is 2.83. The minimum absolute atomic E-state index is 0.540. The van der Waals surface area contributed by atoms with Crippen molar-refractivity contribution < 1.29 is 5.11 Å². The SMILES string of the molecule is Cc1c(Cc2ccccc2)nnc(N2CCC(C#N)(C3=CC=C(C(C)(C)O)CN3)CC2)c1C. The van der Waals surface area contributed by atoms with E-state index in [2.05, 4.69) is 52.5 Å². The molecule has 1 aromatic heterocycles. The van der Waals surface area contributed by atoms with Gasteiger partial charge in [0, 0.05) is 31.8 Å². The van der Waals surface area contributed by atoms with Crippen LogP contribution in [0.3, 0.4) is 0 Å². The van der Waals surface area contributed by atoms with Gasteiger partial charge in [0.05, 0.1) is 17.4 Å². The van der Waals surface area contributed by atoms with Crippen molar-refractivity contribution in [2.45, 2.75) is 52.6 Å². The van der Waals surface area contributed by atoms with Gasteiger partial charge >= 0.3 is 0 Å². The zero-order valence-corrected chi connectivity index (χ0v) is 20.0. The van der Waals surface area contributed by atoms with Crippen molar-refractivity contribution in [2.24, 2.45) is 5.41 Å². The highest BCUT2D eigenvalue weighted by molar-refractivity contribution is 5.51. The molecule has 2 aliphatic heterocycles. The fourth-order valence-corrected chi connectivity index (χ4v) is 4.68. The largest absolute Gasteiger partial charge is 0.386 e. The minimum atomic E-state index is -0.862. The van der Waals surface area contributed by atoms with E-state index >= 15 is 0 Å². The first-order valence-electron chi connectivity index (χ1n) is 11.6. The standard InChI is InChI=1S/C27H33N5O/c1-19-20(2)25(31-30-23(19)16-21-8-6-5-7-9-21)32-14-12-27(18-28,13-15-32)24-11-10-22(17-29-24)26(3,4)33/h5-11,29,33H,12-17H2,1-4H3. The molecule has 0 spiro atoms. The van der Waals surface area contributed by atoms with Crippen molar-refractivity contribution in [1.82, 2.24) is 15.5 Å². The summed E-state index contributed by atoms with van der Waals surface area (Å²) >= 11 is 0. The summed E-state index contributed by atoms with van der Waals surface area (Å²) in [6, 6.07) is 12.9. The summed E-state index contributed by atoms with van der Waals surface area (Å²) in [5.74, 6) is 0.922. The molecule has 1 aromatic carbocycles. The molecule has 0 atom stereocenters. The number of hydrogen-bond donors (Lipinski definition) is 2. The fraction of sp³-hybridized carbons (Fsp3) is 0.444. The Morgan fingerprint density at radius 1 is 1.09 bits per heavy atom. The van der Waals surface area contributed by atoms with Crippen LogP contribution in [0.1, 0.15) is 49.1 Å². The number of benzene rings is 1. The maximum absolute atomic E-state index is 10.2. The third kappa shape index (κ3) is 4.65. The molecule has 172 valence electrons. The van der Waals surface area contributed by atoms with Crippen molar-refractivity contribution in [3.8, 4) is 6.07 Å². The predicted octanol–water partition coefficient (Wildman–Crippen LogP) is 3.98. The first-order valence-corrected chi connectivity index (χ1v) is 11.6. The van der Waals surface area contributed by atoms with Crippen LogP contribution in [-0.2, 0) is 6.42 Å². The molecule has 3 heterocycles. The van der Waals surface area contributed by atoms with Gasteiger partial charge in [-0.15, -0.1) is 5.10 Å². The molecule has 4 rings (SSSR count). The number of aromatic nitrogens is 2. The van der Waals surface area contributed by atoms with Crippen molar-refractivity contribution in [2.75, 3.05) is 24.5 Å². The predicted molar refractivity (Wildman–Crippen MR) is 131 cm³/mol. The van der Waals surface area contributed by atoms with Crippen molar-refractivity contribution >= 4 is 5.82 Å². The van der Waals surface area contributed by atoms with Crippen molar-refractivity contribution in [1.29, 1.82) is 5.26 Å². The summed E-state index contributed by atoms with van der Waals surface area (Å²) in [6.07, 6.45) is 6.16. The van der Waals surface area contributed by atoms with Crippen molar-refractivity contribution in [3.05, 3.63) is 76.1 Å². The van der Waals surface area contributed by atoms with E-state index in [0.29, 0.717) is 6.54 Å². The number of anilines is 1. The van der Waals surface area contributed by atoms with Crippen LogP contribution in [0.4, 0.5) is 5.82 Å². The van der Waals surface area contributed by atoms with Crippen LogP contribution < -0.4 is 10.2 Å². The van der Waals surface area contributed by atoms with Crippen LogP contribution in [0.2, 0.25) is 0 Å². The summed E-state index contributed by atoms with van der Waals surface area (Å²) in [5, 5.41) is 32.9. The van der Waals surface area contributed by atoms with Crippen LogP contribution in [0.25, 0.3) is 0 Å². The van der Waals surface area contributed by atoms with E-state index in [4.69, 9.17) is 0 Å². The lowest BCUT2D eigenvalue weighted by Crippen LogP contribution is -2.45. The van der Waals surface area contributed by atoms with Gasteiger partial charge in [-0.1, -0.05) is 36.4 Å². The Morgan fingerprint density at radius 3 is 2.36 bits per heavy atom. The number of nitriles is 1. The topological polar surface area (TPSA) is 85.1 Å². The number of allylic oxidation sites excluding steroid dienone is 3. The number of nitrogens with zero attached hydrogens (tertiary/aromatic N) is 4. The van der Waals surface area contributed by atoms with Crippen LogP contribution in [0, 0.1) is 30.6 Å². The summed E-state index contributed by atoms with van der Waals surface area (Å²) < 4.78 is 0. The second-order valence-electron chi connectivity index (χ2n) is 9.75. The first-order chi connectivity index (χ1) is 15.7. The van der Waals surface area contributed by atoms with Gasteiger partial charge in [-0.3, -0.25) is 0 Å². The highest BCUT2D eigenvalue weighted by Gasteiger charge is 2.40. The van der Waals surface area contributed by atoms with E-state index in [1.807, 2.05) is 30.4 Å². The molecule has 1 fully saturated rings. The normalized spacial score (nSPS) is 18.1. The quantitative estimate of drug-likeness (QED) is 0.727. The highest BCUT2D eigenvalue weighted by atomic mass is 16.3.